The van der Waals surface area contributed by atoms with E-state index in [1.807, 2.05) is 0 Å². The fourth-order valence-corrected chi connectivity index (χ4v) is 3.05. The van der Waals surface area contributed by atoms with Crippen molar-refractivity contribution < 1.29 is 0 Å². The lowest BCUT2D eigenvalue weighted by molar-refractivity contribution is 0.295. The van der Waals surface area contributed by atoms with Gasteiger partial charge in [0.2, 0.25) is 7.42 Å². The maximum Gasteiger partial charge on any atom is 0.237 e. The lowest BCUT2D eigenvalue weighted by Gasteiger charge is -2.17. The third-order valence-electron chi connectivity index (χ3n) is 2.54. The monoisotopic (exact) mass is 255 g/mol. The summed E-state index contributed by atoms with van der Waals surface area (Å²) in [5.41, 5.74) is 0. The van der Waals surface area contributed by atoms with Gasteiger partial charge >= 0.3 is 0 Å². The average molecular weight is 256 g/mol. The van der Waals surface area contributed by atoms with Gasteiger partial charge in [-0.15, -0.1) is 0 Å². The molecular weight excluding hydrogens is 233 g/mol. The smallest absolute Gasteiger partial charge is 0.237 e. The van der Waals surface area contributed by atoms with Crippen LogP contribution in [0.5, 0.6) is 0 Å². The first-order valence-electron chi connectivity index (χ1n) is 5.71. The summed E-state index contributed by atoms with van der Waals surface area (Å²) >= 11 is 11.6. The van der Waals surface area contributed by atoms with Crippen molar-refractivity contribution in [3.8, 4) is 0 Å². The topological polar surface area (TPSA) is 3.24 Å². The predicted molar refractivity (Wildman–Crippen MR) is 69.9 cm³/mol. The Balaban J connectivity index is 3.12. The average Bonchev–Trinajstić information content (AvgIpc) is 2.16. The minimum Gasteiger partial charge on any atom is -0.304 e. The van der Waals surface area contributed by atoms with Gasteiger partial charge in [0.15, 0.2) is 0 Å². The number of rotatable bonds is 9. The summed E-state index contributed by atoms with van der Waals surface area (Å²) < 4.78 is 0. The molecule has 0 radical (unpaired) electrons. The van der Waals surface area contributed by atoms with Crippen molar-refractivity contribution in [2.24, 2.45) is 0 Å². The number of unbranched alkanes of at least 4 members (excludes halogenated alkanes) is 3. The van der Waals surface area contributed by atoms with Crippen LogP contribution in [0.2, 0.25) is 6.04 Å². The Morgan fingerprint density at radius 2 is 1.50 bits per heavy atom. The Morgan fingerprint density at radius 3 is 2.00 bits per heavy atom. The van der Waals surface area contributed by atoms with E-state index in [9.17, 15) is 0 Å². The molecule has 0 saturated heterocycles. The SMILES string of the molecule is CCN(CC)CCCCCC[SiH](Cl)Cl. The van der Waals surface area contributed by atoms with Gasteiger partial charge in [-0.3, -0.25) is 0 Å². The van der Waals surface area contributed by atoms with Crippen molar-refractivity contribution in [2.45, 2.75) is 45.6 Å². The molecule has 0 fully saturated rings. The van der Waals surface area contributed by atoms with Gasteiger partial charge < -0.3 is 4.90 Å². The highest BCUT2D eigenvalue weighted by atomic mass is 35.7. The molecule has 0 unspecified atom stereocenters. The molecule has 86 valence electrons. The van der Waals surface area contributed by atoms with Gasteiger partial charge in [0, 0.05) is 0 Å². The molecule has 0 spiro atoms. The van der Waals surface area contributed by atoms with E-state index in [2.05, 4.69) is 18.7 Å². The molecule has 0 heterocycles. The van der Waals surface area contributed by atoms with Crippen LogP contribution >= 0.6 is 22.2 Å². The maximum absolute atomic E-state index is 5.78. The summed E-state index contributed by atoms with van der Waals surface area (Å²) in [6.07, 6.45) is 5.16. The van der Waals surface area contributed by atoms with Crippen molar-refractivity contribution in [3.63, 3.8) is 0 Å². The van der Waals surface area contributed by atoms with E-state index in [0.717, 1.165) is 6.04 Å². The first-order valence-corrected chi connectivity index (χ1v) is 10.0. The Kier molecular flexibility index (Phi) is 10.8. The Labute approximate surface area is 99.8 Å². The van der Waals surface area contributed by atoms with E-state index in [0.29, 0.717) is 0 Å². The largest absolute Gasteiger partial charge is 0.304 e. The predicted octanol–water partition coefficient (Wildman–Crippen LogP) is 3.59. The second-order valence-corrected chi connectivity index (χ2v) is 8.81. The summed E-state index contributed by atoms with van der Waals surface area (Å²) in [7, 11) is -1.32. The van der Waals surface area contributed by atoms with Gasteiger partial charge in [-0.25, -0.2) is 0 Å². The van der Waals surface area contributed by atoms with E-state index in [4.69, 9.17) is 22.2 Å². The number of nitrogens with zero attached hydrogens (tertiary/aromatic N) is 1. The first-order chi connectivity index (χ1) is 6.70. The quantitative estimate of drug-likeness (QED) is 0.346. The van der Waals surface area contributed by atoms with Crippen molar-refractivity contribution in [2.75, 3.05) is 19.6 Å². The van der Waals surface area contributed by atoms with Gasteiger partial charge in [0.05, 0.1) is 0 Å². The highest BCUT2D eigenvalue weighted by Gasteiger charge is 2.01. The van der Waals surface area contributed by atoms with Crippen LogP contribution in [0.1, 0.15) is 39.5 Å². The number of halogens is 2. The second kappa shape index (κ2) is 10.3. The maximum atomic E-state index is 5.78. The molecule has 0 aliphatic carbocycles. The van der Waals surface area contributed by atoms with E-state index in [1.54, 1.807) is 0 Å². The molecule has 0 atom stereocenters. The Bertz CT molecular complexity index is 119. The van der Waals surface area contributed by atoms with E-state index in [-0.39, 0.29) is 0 Å². The van der Waals surface area contributed by atoms with Crippen molar-refractivity contribution in [1.29, 1.82) is 0 Å². The summed E-state index contributed by atoms with van der Waals surface area (Å²) in [6, 6.07) is 1.08. The van der Waals surface area contributed by atoms with Gasteiger partial charge in [0.25, 0.3) is 0 Å². The molecule has 4 heteroatoms. The highest BCUT2D eigenvalue weighted by Crippen LogP contribution is 2.11. The number of hydrogen-bond acceptors (Lipinski definition) is 1. The normalized spacial score (nSPS) is 11.6. The van der Waals surface area contributed by atoms with Crippen LogP contribution in [0.15, 0.2) is 0 Å². The fourth-order valence-electron chi connectivity index (χ4n) is 1.53. The lowest BCUT2D eigenvalue weighted by Crippen LogP contribution is -2.23. The van der Waals surface area contributed by atoms with Gasteiger partial charge in [-0.1, -0.05) is 33.1 Å². The fraction of sp³-hybridized carbons (Fsp3) is 1.00. The van der Waals surface area contributed by atoms with Gasteiger partial charge in [-0.2, -0.15) is 22.2 Å². The zero-order valence-electron chi connectivity index (χ0n) is 9.44. The molecule has 0 aliphatic heterocycles. The second-order valence-electron chi connectivity index (χ2n) is 3.62. The van der Waals surface area contributed by atoms with Crippen LogP contribution < -0.4 is 0 Å². The van der Waals surface area contributed by atoms with E-state index < -0.39 is 7.42 Å². The zero-order chi connectivity index (χ0) is 10.8. The molecule has 0 amide bonds. The lowest BCUT2D eigenvalue weighted by atomic mass is 10.2. The summed E-state index contributed by atoms with van der Waals surface area (Å²) in [6.45, 7) is 8.04. The summed E-state index contributed by atoms with van der Waals surface area (Å²) in [5.74, 6) is 0. The molecular formula is C10H23Cl2NSi. The van der Waals surface area contributed by atoms with E-state index >= 15 is 0 Å². The summed E-state index contributed by atoms with van der Waals surface area (Å²) in [4.78, 5) is 2.47. The van der Waals surface area contributed by atoms with Crippen LogP contribution in [0, 0.1) is 0 Å². The van der Waals surface area contributed by atoms with Crippen LogP contribution in [0.3, 0.4) is 0 Å². The zero-order valence-corrected chi connectivity index (χ0v) is 12.1. The standard InChI is InChI=1S/C10H23Cl2NSi/c1-3-13(4-2)9-7-5-6-8-10-14(11)12/h14H,3-10H2,1-2H3. The third kappa shape index (κ3) is 9.32. The molecule has 0 bridgehead atoms. The molecule has 0 aliphatic rings. The Morgan fingerprint density at radius 1 is 0.929 bits per heavy atom. The molecule has 0 N–H and O–H groups in total. The number of hydrogen-bond donors (Lipinski definition) is 0. The van der Waals surface area contributed by atoms with Crippen molar-refractivity contribution in [3.05, 3.63) is 0 Å². The van der Waals surface area contributed by atoms with Crippen LogP contribution in [-0.2, 0) is 0 Å². The van der Waals surface area contributed by atoms with Crippen LogP contribution in [-0.4, -0.2) is 32.0 Å². The minimum absolute atomic E-state index is 1.08. The van der Waals surface area contributed by atoms with Crippen molar-refractivity contribution in [1.82, 2.24) is 4.90 Å². The summed E-state index contributed by atoms with van der Waals surface area (Å²) in [5, 5.41) is 0. The van der Waals surface area contributed by atoms with Gasteiger partial charge in [0.1, 0.15) is 0 Å². The van der Waals surface area contributed by atoms with Crippen LogP contribution in [0.4, 0.5) is 0 Å². The highest BCUT2D eigenvalue weighted by molar-refractivity contribution is 7.33. The first kappa shape index (κ1) is 14.8. The molecule has 1 nitrogen and oxygen atoms in total. The minimum atomic E-state index is -1.32. The molecule has 0 aromatic rings. The van der Waals surface area contributed by atoms with Crippen molar-refractivity contribution >= 4 is 29.6 Å². The third-order valence-corrected chi connectivity index (χ3v) is 4.70. The molecule has 0 saturated carbocycles. The molecule has 0 rings (SSSR count). The molecule has 0 aromatic carbocycles. The van der Waals surface area contributed by atoms with Gasteiger partial charge in [-0.05, 0) is 32.1 Å². The Hall–Kier alpha value is 0.757. The van der Waals surface area contributed by atoms with E-state index in [1.165, 1.54) is 45.3 Å². The van der Waals surface area contributed by atoms with Crippen LogP contribution in [0.25, 0.3) is 0 Å². The molecule has 0 aromatic heterocycles. The molecule has 14 heavy (non-hydrogen) atoms.